The molecule has 1 heterocycles. The second-order valence-corrected chi connectivity index (χ2v) is 6.51. The third-order valence-corrected chi connectivity index (χ3v) is 4.16. The van der Waals surface area contributed by atoms with Crippen LogP contribution < -0.4 is 10.0 Å². The molecule has 23 heavy (non-hydrogen) atoms. The summed E-state index contributed by atoms with van der Waals surface area (Å²) in [5, 5.41) is 10.7. The number of hydrogen-bond donors (Lipinski definition) is 2. The van der Waals surface area contributed by atoms with Crippen molar-refractivity contribution in [2.45, 2.75) is 6.92 Å². The van der Waals surface area contributed by atoms with E-state index >= 15 is 0 Å². The van der Waals surface area contributed by atoms with Crippen molar-refractivity contribution in [2.24, 2.45) is 0 Å². The van der Waals surface area contributed by atoms with Crippen LogP contribution in [-0.4, -0.2) is 37.4 Å². The predicted octanol–water partition coefficient (Wildman–Crippen LogP) is 1.77. The van der Waals surface area contributed by atoms with Gasteiger partial charge in [0, 0.05) is 5.69 Å². The number of sulfonamides is 1. The Morgan fingerprint density at radius 2 is 1.70 bits per heavy atom. The summed E-state index contributed by atoms with van der Waals surface area (Å²) >= 11 is 0. The first-order valence-electron chi connectivity index (χ1n) is 6.73. The van der Waals surface area contributed by atoms with Crippen molar-refractivity contribution in [3.8, 4) is 0 Å². The van der Waals surface area contributed by atoms with Gasteiger partial charge in [-0.25, -0.2) is 13.2 Å². The van der Waals surface area contributed by atoms with Gasteiger partial charge < -0.3 is 10.1 Å². The van der Waals surface area contributed by atoms with Crippen LogP contribution >= 0.6 is 0 Å². The van der Waals surface area contributed by atoms with Gasteiger partial charge in [-0.2, -0.15) is 0 Å². The molecule has 0 radical (unpaired) electrons. The second-order valence-electron chi connectivity index (χ2n) is 4.50. The van der Waals surface area contributed by atoms with Crippen LogP contribution in [0, 0.1) is 0 Å². The molecule has 0 atom stereocenters. The Labute approximate surface area is 133 Å². The molecule has 0 unspecified atom stereocenters. The van der Waals surface area contributed by atoms with Crippen LogP contribution in [0.5, 0.6) is 0 Å². The molecule has 2 aromatic rings. The zero-order valence-electron chi connectivity index (χ0n) is 12.6. The molecular formula is C14H16N4O4S. The molecule has 0 saturated heterocycles. The Kier molecular flexibility index (Phi) is 5.12. The number of anilines is 3. The first-order chi connectivity index (χ1) is 10.9. The largest absolute Gasteiger partial charge is 0.465 e. The summed E-state index contributed by atoms with van der Waals surface area (Å²) in [6.45, 7) is 1.53. The number of methoxy groups -OCH3 is 1. The molecule has 1 aromatic heterocycles. The van der Waals surface area contributed by atoms with E-state index in [0.29, 0.717) is 17.1 Å². The van der Waals surface area contributed by atoms with E-state index < -0.39 is 16.0 Å². The molecule has 8 nitrogen and oxygen atoms in total. The zero-order chi connectivity index (χ0) is 16.9. The van der Waals surface area contributed by atoms with Crippen molar-refractivity contribution in [3.05, 3.63) is 42.0 Å². The lowest BCUT2D eigenvalue weighted by molar-refractivity contribution is 0.0601. The third kappa shape index (κ3) is 4.65. The van der Waals surface area contributed by atoms with E-state index in [9.17, 15) is 13.2 Å². The fraction of sp³-hybridized carbons (Fsp3) is 0.214. The molecule has 0 aliphatic heterocycles. The summed E-state index contributed by atoms with van der Waals surface area (Å²) in [6, 6.07) is 9.72. The van der Waals surface area contributed by atoms with Crippen molar-refractivity contribution in [1.29, 1.82) is 0 Å². The number of carbonyl (C=O) groups is 1. The smallest absolute Gasteiger partial charge is 0.337 e. The van der Waals surface area contributed by atoms with Gasteiger partial charge in [-0.05, 0) is 43.3 Å². The highest BCUT2D eigenvalue weighted by Gasteiger charge is 2.08. The van der Waals surface area contributed by atoms with Gasteiger partial charge in [0.1, 0.15) is 0 Å². The van der Waals surface area contributed by atoms with Crippen LogP contribution in [-0.2, 0) is 14.8 Å². The second kappa shape index (κ2) is 7.05. The maximum atomic E-state index is 11.4. The van der Waals surface area contributed by atoms with Gasteiger partial charge in [0.15, 0.2) is 11.6 Å². The standard InChI is InChI=1S/C14H16N4O4S/c1-3-23(20,21)18-13-9-8-12(16-17-13)15-11-6-4-10(5-7-11)14(19)22-2/h4-9H,3H2,1-2H3,(H,15,16)(H,17,18). The highest BCUT2D eigenvalue weighted by Crippen LogP contribution is 2.16. The molecule has 122 valence electrons. The van der Waals surface area contributed by atoms with E-state index in [1.165, 1.54) is 20.1 Å². The van der Waals surface area contributed by atoms with Gasteiger partial charge >= 0.3 is 5.97 Å². The number of nitrogens with one attached hydrogen (secondary N) is 2. The first kappa shape index (κ1) is 16.7. The zero-order valence-corrected chi connectivity index (χ0v) is 13.4. The van der Waals surface area contributed by atoms with Crippen LogP contribution in [0.2, 0.25) is 0 Å². The highest BCUT2D eigenvalue weighted by atomic mass is 32.2. The molecule has 0 bridgehead atoms. The van der Waals surface area contributed by atoms with Crippen molar-refractivity contribution in [2.75, 3.05) is 22.9 Å². The fourth-order valence-electron chi connectivity index (χ4n) is 1.64. The van der Waals surface area contributed by atoms with E-state index in [1.807, 2.05) is 0 Å². The van der Waals surface area contributed by atoms with Crippen molar-refractivity contribution in [3.63, 3.8) is 0 Å². The van der Waals surface area contributed by atoms with Crippen molar-refractivity contribution in [1.82, 2.24) is 10.2 Å². The van der Waals surface area contributed by atoms with E-state index in [1.54, 1.807) is 30.3 Å². The molecular weight excluding hydrogens is 320 g/mol. The molecule has 0 aliphatic carbocycles. The highest BCUT2D eigenvalue weighted by molar-refractivity contribution is 7.92. The maximum Gasteiger partial charge on any atom is 0.337 e. The third-order valence-electron chi connectivity index (χ3n) is 2.88. The van der Waals surface area contributed by atoms with Gasteiger partial charge in [0.2, 0.25) is 10.0 Å². The average Bonchev–Trinajstić information content (AvgIpc) is 2.56. The normalized spacial score (nSPS) is 10.9. The number of nitrogens with zero attached hydrogens (tertiary/aromatic N) is 2. The minimum absolute atomic E-state index is 0.0405. The molecule has 0 saturated carbocycles. The van der Waals surface area contributed by atoms with Gasteiger partial charge in [-0.1, -0.05) is 0 Å². The molecule has 1 aromatic carbocycles. The summed E-state index contributed by atoms with van der Waals surface area (Å²) < 4.78 is 29.8. The number of aromatic nitrogens is 2. The maximum absolute atomic E-state index is 11.4. The Hall–Kier alpha value is -2.68. The molecule has 2 rings (SSSR count). The molecule has 0 spiro atoms. The Balaban J connectivity index is 2.05. The minimum atomic E-state index is -3.38. The summed E-state index contributed by atoms with van der Waals surface area (Å²) in [5.41, 5.74) is 1.14. The lowest BCUT2D eigenvalue weighted by atomic mass is 10.2. The van der Waals surface area contributed by atoms with Crippen LogP contribution in [0.3, 0.4) is 0 Å². The Morgan fingerprint density at radius 1 is 1.09 bits per heavy atom. The van der Waals surface area contributed by atoms with E-state index in [4.69, 9.17) is 0 Å². The monoisotopic (exact) mass is 336 g/mol. The number of esters is 1. The first-order valence-corrected chi connectivity index (χ1v) is 8.38. The quantitative estimate of drug-likeness (QED) is 0.773. The fourth-order valence-corrected chi connectivity index (χ4v) is 2.21. The number of rotatable bonds is 6. The number of hydrogen-bond acceptors (Lipinski definition) is 7. The van der Waals surface area contributed by atoms with E-state index in [2.05, 4.69) is 25.0 Å². The molecule has 9 heteroatoms. The van der Waals surface area contributed by atoms with Gasteiger partial charge in [0.05, 0.1) is 18.4 Å². The number of ether oxygens (including phenoxy) is 1. The summed E-state index contributed by atoms with van der Waals surface area (Å²) in [5.74, 6) is 0.138. The lowest BCUT2D eigenvalue weighted by Gasteiger charge is -2.07. The van der Waals surface area contributed by atoms with E-state index in [0.717, 1.165) is 0 Å². The minimum Gasteiger partial charge on any atom is -0.465 e. The summed E-state index contributed by atoms with van der Waals surface area (Å²) in [6.07, 6.45) is 0. The Bertz CT molecular complexity index is 773. The van der Waals surface area contributed by atoms with Crippen molar-refractivity contribution < 1.29 is 17.9 Å². The van der Waals surface area contributed by atoms with E-state index in [-0.39, 0.29) is 11.6 Å². The molecule has 0 aliphatic rings. The Morgan fingerprint density at radius 3 is 2.22 bits per heavy atom. The SMILES string of the molecule is CCS(=O)(=O)Nc1ccc(Nc2ccc(C(=O)OC)cc2)nn1. The van der Waals surface area contributed by atoms with Gasteiger partial charge in [-0.3, -0.25) is 4.72 Å². The van der Waals surface area contributed by atoms with Crippen LogP contribution in [0.15, 0.2) is 36.4 Å². The van der Waals surface area contributed by atoms with Crippen LogP contribution in [0.1, 0.15) is 17.3 Å². The molecule has 2 N–H and O–H groups in total. The molecule has 0 fully saturated rings. The van der Waals surface area contributed by atoms with Crippen LogP contribution in [0.25, 0.3) is 0 Å². The predicted molar refractivity (Wildman–Crippen MR) is 86.2 cm³/mol. The number of benzene rings is 1. The van der Waals surface area contributed by atoms with Crippen LogP contribution in [0.4, 0.5) is 17.3 Å². The van der Waals surface area contributed by atoms with Gasteiger partial charge in [0.25, 0.3) is 0 Å². The van der Waals surface area contributed by atoms with Crippen molar-refractivity contribution >= 4 is 33.3 Å². The lowest BCUT2D eigenvalue weighted by Crippen LogP contribution is -2.15. The summed E-state index contributed by atoms with van der Waals surface area (Å²) in [7, 11) is -2.06. The average molecular weight is 336 g/mol. The topological polar surface area (TPSA) is 110 Å². The molecule has 0 amide bonds. The summed E-state index contributed by atoms with van der Waals surface area (Å²) in [4.78, 5) is 11.3. The number of carbonyl (C=O) groups excluding carboxylic acids is 1. The van der Waals surface area contributed by atoms with Gasteiger partial charge in [-0.15, -0.1) is 10.2 Å².